The highest BCUT2D eigenvalue weighted by Gasteiger charge is 1.98. The fraction of sp³-hybridized carbons (Fsp3) is 0.500. The molecule has 0 spiro atoms. The standard InChI is InChI=1S/C6H10N2/c1-5-2-3-8-6(7)4-5/h3-4,6H,2,7H2,1H3. The molecule has 8 heavy (non-hydrogen) atoms. The van der Waals surface area contributed by atoms with Gasteiger partial charge in [0.25, 0.3) is 0 Å². The van der Waals surface area contributed by atoms with E-state index in [0.29, 0.717) is 0 Å². The van der Waals surface area contributed by atoms with Crippen molar-refractivity contribution in [3.8, 4) is 0 Å². The van der Waals surface area contributed by atoms with E-state index in [9.17, 15) is 0 Å². The number of nitrogens with zero attached hydrogens (tertiary/aromatic N) is 1. The summed E-state index contributed by atoms with van der Waals surface area (Å²) in [5.41, 5.74) is 6.76. The van der Waals surface area contributed by atoms with Crippen LogP contribution in [0.4, 0.5) is 0 Å². The summed E-state index contributed by atoms with van der Waals surface area (Å²) in [5.74, 6) is 0. The molecule has 0 bridgehead atoms. The van der Waals surface area contributed by atoms with Crippen molar-refractivity contribution in [2.45, 2.75) is 19.5 Å². The van der Waals surface area contributed by atoms with Crippen LogP contribution in [0.1, 0.15) is 13.3 Å². The quantitative estimate of drug-likeness (QED) is 0.458. The highest BCUT2D eigenvalue weighted by atomic mass is 14.9. The van der Waals surface area contributed by atoms with Crippen LogP contribution >= 0.6 is 0 Å². The monoisotopic (exact) mass is 110 g/mol. The number of allylic oxidation sites excluding steroid dienone is 1. The summed E-state index contributed by atoms with van der Waals surface area (Å²) in [6, 6.07) is 0. The molecule has 0 aliphatic carbocycles. The van der Waals surface area contributed by atoms with Crippen LogP contribution in [0.5, 0.6) is 0 Å². The van der Waals surface area contributed by atoms with Gasteiger partial charge < -0.3 is 5.73 Å². The summed E-state index contributed by atoms with van der Waals surface area (Å²) in [5, 5.41) is 0. The third kappa shape index (κ3) is 1.17. The number of hydrogen-bond donors (Lipinski definition) is 1. The number of rotatable bonds is 0. The molecule has 1 aliphatic rings. The molecule has 1 atom stereocenters. The molecule has 0 saturated carbocycles. The van der Waals surface area contributed by atoms with Crippen molar-refractivity contribution < 1.29 is 0 Å². The normalized spacial score (nSPS) is 27.8. The molecule has 0 radical (unpaired) electrons. The van der Waals surface area contributed by atoms with Gasteiger partial charge in [-0.1, -0.05) is 5.57 Å². The second-order valence-corrected chi connectivity index (χ2v) is 2.04. The van der Waals surface area contributed by atoms with Gasteiger partial charge in [0.05, 0.1) is 0 Å². The lowest BCUT2D eigenvalue weighted by Gasteiger charge is -2.06. The second-order valence-electron chi connectivity index (χ2n) is 2.04. The molecule has 44 valence electrons. The number of nitrogens with two attached hydrogens (primary N) is 1. The highest BCUT2D eigenvalue weighted by Crippen LogP contribution is 2.03. The van der Waals surface area contributed by atoms with Gasteiger partial charge in [0.15, 0.2) is 0 Å². The molecule has 0 aromatic carbocycles. The smallest absolute Gasteiger partial charge is 0.115 e. The molecule has 1 unspecified atom stereocenters. The first-order chi connectivity index (χ1) is 3.79. The van der Waals surface area contributed by atoms with E-state index < -0.39 is 0 Å². The first kappa shape index (κ1) is 5.51. The van der Waals surface area contributed by atoms with Crippen molar-refractivity contribution >= 4 is 6.21 Å². The SMILES string of the molecule is CC1=CC(N)N=CC1. The molecular formula is C6H10N2. The molecule has 0 fully saturated rings. The van der Waals surface area contributed by atoms with Crippen LogP contribution in [0.15, 0.2) is 16.6 Å². The summed E-state index contributed by atoms with van der Waals surface area (Å²) in [7, 11) is 0. The predicted octanol–water partition coefficient (Wildman–Crippen LogP) is 0.692. The Labute approximate surface area is 49.1 Å². The van der Waals surface area contributed by atoms with Gasteiger partial charge in [0, 0.05) is 12.6 Å². The molecule has 1 heterocycles. The average Bonchev–Trinajstić information content (AvgIpc) is 1.64. The maximum atomic E-state index is 5.45. The second kappa shape index (κ2) is 2.09. The Morgan fingerprint density at radius 3 is 3.00 bits per heavy atom. The minimum absolute atomic E-state index is 0.0799. The van der Waals surface area contributed by atoms with Crippen LogP contribution in [0.25, 0.3) is 0 Å². The van der Waals surface area contributed by atoms with Crippen molar-refractivity contribution in [1.82, 2.24) is 0 Å². The van der Waals surface area contributed by atoms with Crippen molar-refractivity contribution in [3.05, 3.63) is 11.6 Å². The number of hydrogen-bond acceptors (Lipinski definition) is 2. The summed E-state index contributed by atoms with van der Waals surface area (Å²) in [4.78, 5) is 3.96. The highest BCUT2D eigenvalue weighted by molar-refractivity contribution is 5.62. The molecule has 2 N–H and O–H groups in total. The molecule has 0 saturated heterocycles. The average molecular weight is 110 g/mol. The zero-order chi connectivity index (χ0) is 5.98. The fourth-order valence-corrected chi connectivity index (χ4v) is 0.721. The van der Waals surface area contributed by atoms with E-state index in [0.717, 1.165) is 6.42 Å². The van der Waals surface area contributed by atoms with Gasteiger partial charge in [-0.2, -0.15) is 0 Å². The van der Waals surface area contributed by atoms with E-state index >= 15 is 0 Å². The Morgan fingerprint density at radius 2 is 2.62 bits per heavy atom. The van der Waals surface area contributed by atoms with E-state index in [-0.39, 0.29) is 6.17 Å². The molecule has 1 rings (SSSR count). The van der Waals surface area contributed by atoms with Gasteiger partial charge >= 0.3 is 0 Å². The van der Waals surface area contributed by atoms with Gasteiger partial charge in [0.2, 0.25) is 0 Å². The van der Waals surface area contributed by atoms with E-state index in [2.05, 4.69) is 11.9 Å². The van der Waals surface area contributed by atoms with E-state index in [1.165, 1.54) is 5.57 Å². The first-order valence-electron chi connectivity index (χ1n) is 2.73. The van der Waals surface area contributed by atoms with E-state index in [1.807, 2.05) is 12.3 Å². The minimum atomic E-state index is -0.0799. The summed E-state index contributed by atoms with van der Waals surface area (Å²) >= 11 is 0. The third-order valence-electron chi connectivity index (χ3n) is 1.15. The Hall–Kier alpha value is -0.630. The lowest BCUT2D eigenvalue weighted by Crippen LogP contribution is -2.16. The van der Waals surface area contributed by atoms with Crippen molar-refractivity contribution in [2.24, 2.45) is 10.7 Å². The minimum Gasteiger partial charge on any atom is -0.306 e. The fourth-order valence-electron chi connectivity index (χ4n) is 0.721. The van der Waals surface area contributed by atoms with Crippen LogP contribution in [0, 0.1) is 0 Å². The van der Waals surface area contributed by atoms with Crippen LogP contribution in [-0.4, -0.2) is 12.4 Å². The summed E-state index contributed by atoms with van der Waals surface area (Å²) in [6.45, 7) is 2.06. The van der Waals surface area contributed by atoms with Crippen LogP contribution in [0.3, 0.4) is 0 Å². The van der Waals surface area contributed by atoms with Crippen LogP contribution < -0.4 is 5.73 Å². The maximum absolute atomic E-state index is 5.45. The van der Waals surface area contributed by atoms with Gasteiger partial charge in [0.1, 0.15) is 6.17 Å². The van der Waals surface area contributed by atoms with Gasteiger partial charge in [-0.05, 0) is 13.0 Å². The van der Waals surface area contributed by atoms with Crippen molar-refractivity contribution in [2.75, 3.05) is 0 Å². The zero-order valence-corrected chi connectivity index (χ0v) is 4.96. The molecule has 2 heteroatoms. The summed E-state index contributed by atoms with van der Waals surface area (Å²) in [6.07, 6.45) is 4.72. The van der Waals surface area contributed by atoms with Crippen molar-refractivity contribution in [1.29, 1.82) is 0 Å². The Morgan fingerprint density at radius 1 is 1.88 bits per heavy atom. The Bertz CT molecular complexity index is 135. The zero-order valence-electron chi connectivity index (χ0n) is 4.96. The number of aliphatic imine (C=N–C) groups is 1. The van der Waals surface area contributed by atoms with E-state index in [1.54, 1.807) is 0 Å². The maximum Gasteiger partial charge on any atom is 0.115 e. The van der Waals surface area contributed by atoms with Crippen LogP contribution in [0.2, 0.25) is 0 Å². The van der Waals surface area contributed by atoms with Gasteiger partial charge in [-0.3, -0.25) is 4.99 Å². The molecular weight excluding hydrogens is 100 g/mol. The van der Waals surface area contributed by atoms with Gasteiger partial charge in [-0.25, -0.2) is 0 Å². The lowest BCUT2D eigenvalue weighted by atomic mass is 10.2. The third-order valence-corrected chi connectivity index (χ3v) is 1.15. The largest absolute Gasteiger partial charge is 0.306 e. The molecule has 0 aromatic rings. The Balaban J connectivity index is 2.60. The van der Waals surface area contributed by atoms with Crippen LogP contribution in [-0.2, 0) is 0 Å². The summed E-state index contributed by atoms with van der Waals surface area (Å²) < 4.78 is 0. The number of dihydropyridines is 1. The van der Waals surface area contributed by atoms with E-state index in [4.69, 9.17) is 5.73 Å². The predicted molar refractivity (Wildman–Crippen MR) is 34.8 cm³/mol. The Kier molecular flexibility index (Phi) is 1.44. The van der Waals surface area contributed by atoms with Gasteiger partial charge in [-0.15, -0.1) is 0 Å². The van der Waals surface area contributed by atoms with Crippen molar-refractivity contribution in [3.63, 3.8) is 0 Å². The molecule has 0 amide bonds. The first-order valence-corrected chi connectivity index (χ1v) is 2.73. The molecule has 0 aromatic heterocycles. The lowest BCUT2D eigenvalue weighted by molar-refractivity contribution is 0.849. The topological polar surface area (TPSA) is 38.4 Å². The molecule has 2 nitrogen and oxygen atoms in total. The molecule has 1 aliphatic heterocycles.